The number of anilines is 1. The van der Waals surface area contributed by atoms with Crippen LogP contribution in [0.1, 0.15) is 30.1 Å². The molecule has 0 N–H and O–H groups in total. The minimum Gasteiger partial charge on any atom is -0.461 e. The number of nitrogens with zero attached hydrogens (tertiary/aromatic N) is 8. The number of likely N-dealkylation sites (N-methyl/N-ethyl adjacent to an activating group) is 1. The summed E-state index contributed by atoms with van der Waals surface area (Å²) in [5.74, 6) is -0.286. The molecule has 51 heavy (non-hydrogen) atoms. The molecule has 264 valence electrons. The summed E-state index contributed by atoms with van der Waals surface area (Å²) in [5, 5.41) is 2.72. The zero-order chi connectivity index (χ0) is 35.4. The number of amides is 1. The number of aryl methyl sites for hydroxylation is 1. The maximum Gasteiger partial charge on any atom is 0.319 e. The van der Waals surface area contributed by atoms with Gasteiger partial charge < -0.3 is 14.5 Å². The fourth-order valence-electron chi connectivity index (χ4n) is 7.76. The molecule has 0 bridgehead atoms. The number of benzene rings is 2. The second-order valence-corrected chi connectivity index (χ2v) is 14.7. The van der Waals surface area contributed by atoms with E-state index in [9.17, 15) is 9.18 Å². The Balaban J connectivity index is 1.16. The fraction of sp³-hybridized carbons (Fsp3) is 0.389. The quantitative estimate of drug-likeness (QED) is 0.167. The zero-order valence-electron chi connectivity index (χ0n) is 27.9. The zero-order valence-corrected chi connectivity index (χ0v) is 29.5. The third-order valence-corrected chi connectivity index (χ3v) is 11.3. The van der Waals surface area contributed by atoms with Crippen molar-refractivity contribution in [3.8, 4) is 17.3 Å². The molecule has 2 aromatic carbocycles. The number of alkyl halides is 2. The summed E-state index contributed by atoms with van der Waals surface area (Å²) in [6, 6.07) is 9.95. The number of aromatic nitrogens is 5. The molecule has 0 aliphatic carbocycles. The lowest BCUT2D eigenvalue weighted by molar-refractivity contribution is -0.125. The summed E-state index contributed by atoms with van der Waals surface area (Å²) >= 11 is 7.76. The Hall–Kier alpha value is -4.40. The third kappa shape index (κ3) is 6.16. The van der Waals surface area contributed by atoms with Crippen molar-refractivity contribution in [3.63, 3.8) is 0 Å². The number of carbonyl (C=O) groups excluding carboxylic acids is 1. The molecule has 0 saturated carbocycles. The molecule has 8 rings (SSSR count). The van der Waals surface area contributed by atoms with E-state index in [1.807, 2.05) is 18.2 Å². The number of rotatable bonds is 8. The maximum absolute atomic E-state index is 16.8. The van der Waals surface area contributed by atoms with Crippen molar-refractivity contribution >= 4 is 62.6 Å². The molecule has 10 nitrogen and oxygen atoms in total. The molecule has 3 aliphatic rings. The standard InChI is InChI=1S/C36H34ClF3N8O2S/c1-20-42-28(51-45-20)10-11-29(49)47-17-26(39)27(18-47)46(2)34-24-15-41-32(23-8-3-6-21-7-4-9-25(37)30(21)23)31(40)33(24)43-35(44-34)50-19-36-12-5-13-48(36)16-22(38)14-36/h3-4,6-11,15,22,26-27H,5,12-14,16-19H2,1-2H3/t22-,26+,27+,36+/m1/s1. The minimum absolute atomic E-state index is 0.0366. The van der Waals surface area contributed by atoms with Gasteiger partial charge >= 0.3 is 6.01 Å². The topological polar surface area (TPSA) is 100 Å². The molecule has 3 aromatic heterocycles. The van der Waals surface area contributed by atoms with Crippen molar-refractivity contribution in [1.82, 2.24) is 34.1 Å². The predicted octanol–water partition coefficient (Wildman–Crippen LogP) is 6.45. The summed E-state index contributed by atoms with van der Waals surface area (Å²) in [6.45, 7) is 2.92. The molecule has 3 saturated heterocycles. The maximum atomic E-state index is 16.8. The molecule has 5 aromatic rings. The van der Waals surface area contributed by atoms with E-state index in [1.165, 1.54) is 28.7 Å². The number of hydrogen-bond donors (Lipinski definition) is 0. The van der Waals surface area contributed by atoms with E-state index in [0.717, 1.165) is 24.8 Å². The van der Waals surface area contributed by atoms with Gasteiger partial charge in [0.2, 0.25) is 5.91 Å². The third-order valence-electron chi connectivity index (χ3n) is 10.3. The largest absolute Gasteiger partial charge is 0.461 e. The summed E-state index contributed by atoms with van der Waals surface area (Å²) in [6.07, 6.45) is 4.01. The molecular weight excluding hydrogens is 701 g/mol. The first-order chi connectivity index (χ1) is 24.6. The van der Waals surface area contributed by atoms with Gasteiger partial charge in [-0.1, -0.05) is 41.9 Å². The lowest BCUT2D eigenvalue weighted by Crippen LogP contribution is -2.43. The van der Waals surface area contributed by atoms with Gasteiger partial charge in [-0.05, 0) is 55.4 Å². The number of ether oxygens (including phenoxy) is 1. The average molecular weight is 735 g/mol. The van der Waals surface area contributed by atoms with E-state index in [2.05, 4.69) is 29.2 Å². The Bertz CT molecular complexity index is 2180. The van der Waals surface area contributed by atoms with Crippen LogP contribution in [0.15, 0.2) is 48.7 Å². The summed E-state index contributed by atoms with van der Waals surface area (Å²) in [4.78, 5) is 36.2. The van der Waals surface area contributed by atoms with E-state index in [4.69, 9.17) is 16.3 Å². The highest BCUT2D eigenvalue weighted by Crippen LogP contribution is 2.41. The highest BCUT2D eigenvalue weighted by atomic mass is 35.5. The van der Waals surface area contributed by atoms with Crippen LogP contribution in [-0.2, 0) is 4.79 Å². The smallest absolute Gasteiger partial charge is 0.319 e. The number of carbonyl (C=O) groups is 1. The molecule has 3 aliphatic heterocycles. The van der Waals surface area contributed by atoms with Crippen molar-refractivity contribution in [2.75, 3.05) is 44.7 Å². The van der Waals surface area contributed by atoms with Gasteiger partial charge in [0.1, 0.15) is 46.8 Å². The van der Waals surface area contributed by atoms with Gasteiger partial charge in [0.15, 0.2) is 5.82 Å². The van der Waals surface area contributed by atoms with Crippen LogP contribution in [0.3, 0.4) is 0 Å². The normalized spacial score (nSPS) is 23.6. The van der Waals surface area contributed by atoms with E-state index >= 15 is 8.78 Å². The van der Waals surface area contributed by atoms with Crippen LogP contribution >= 0.6 is 23.1 Å². The van der Waals surface area contributed by atoms with Crippen LogP contribution in [-0.4, -0.2) is 104 Å². The Morgan fingerprint density at radius 1 is 1.16 bits per heavy atom. The first-order valence-corrected chi connectivity index (χ1v) is 18.0. The van der Waals surface area contributed by atoms with E-state index < -0.39 is 29.7 Å². The fourth-order valence-corrected chi connectivity index (χ4v) is 8.61. The number of pyridine rings is 1. The molecule has 3 fully saturated rings. The molecule has 4 atom stereocenters. The van der Waals surface area contributed by atoms with Gasteiger partial charge in [0.25, 0.3) is 0 Å². The van der Waals surface area contributed by atoms with Crippen molar-refractivity contribution in [2.45, 2.75) is 50.1 Å². The van der Waals surface area contributed by atoms with Crippen LogP contribution in [0.4, 0.5) is 19.0 Å². The molecule has 6 heterocycles. The Morgan fingerprint density at radius 3 is 2.78 bits per heavy atom. The lowest BCUT2D eigenvalue weighted by Gasteiger charge is -2.31. The molecule has 0 spiro atoms. The van der Waals surface area contributed by atoms with Gasteiger partial charge in [-0.2, -0.15) is 14.3 Å². The van der Waals surface area contributed by atoms with E-state index in [1.54, 1.807) is 43.1 Å². The lowest BCUT2D eigenvalue weighted by atomic mass is 9.95. The van der Waals surface area contributed by atoms with Gasteiger partial charge in [-0.25, -0.2) is 18.2 Å². The predicted molar refractivity (Wildman–Crippen MR) is 191 cm³/mol. The van der Waals surface area contributed by atoms with Crippen LogP contribution in [0.5, 0.6) is 6.01 Å². The molecule has 0 unspecified atom stereocenters. The summed E-state index contributed by atoms with van der Waals surface area (Å²) < 4.78 is 57.5. The summed E-state index contributed by atoms with van der Waals surface area (Å²) in [7, 11) is 1.65. The average Bonchev–Trinajstić information content (AvgIpc) is 3.89. The number of fused-ring (bicyclic) bond motifs is 3. The van der Waals surface area contributed by atoms with Crippen LogP contribution in [0, 0.1) is 12.7 Å². The molecular formula is C36H34ClF3N8O2S. The van der Waals surface area contributed by atoms with Gasteiger partial charge in [-0.15, -0.1) is 0 Å². The number of likely N-dealkylation sites (tertiary alicyclic amines) is 1. The monoisotopic (exact) mass is 734 g/mol. The second kappa shape index (κ2) is 13.3. The van der Waals surface area contributed by atoms with Crippen molar-refractivity contribution in [3.05, 3.63) is 70.3 Å². The minimum atomic E-state index is -1.44. The second-order valence-electron chi connectivity index (χ2n) is 13.5. The molecule has 0 radical (unpaired) electrons. The van der Waals surface area contributed by atoms with Crippen LogP contribution < -0.4 is 9.64 Å². The molecule has 1 amide bonds. The van der Waals surface area contributed by atoms with Gasteiger partial charge in [0, 0.05) is 54.8 Å². The number of hydrogen-bond acceptors (Lipinski definition) is 10. The molecule has 15 heteroatoms. The van der Waals surface area contributed by atoms with Gasteiger partial charge in [-0.3, -0.25) is 14.7 Å². The van der Waals surface area contributed by atoms with E-state index in [0.29, 0.717) is 39.8 Å². The Kier molecular flexibility index (Phi) is 8.79. The first kappa shape index (κ1) is 33.7. The van der Waals surface area contributed by atoms with Crippen molar-refractivity contribution < 1.29 is 22.7 Å². The van der Waals surface area contributed by atoms with Crippen LogP contribution in [0.2, 0.25) is 5.02 Å². The van der Waals surface area contributed by atoms with Crippen LogP contribution in [0.25, 0.3) is 39.0 Å². The number of halogens is 4. The van der Waals surface area contributed by atoms with Gasteiger partial charge in [0.05, 0.1) is 23.5 Å². The van der Waals surface area contributed by atoms with Crippen molar-refractivity contribution in [1.29, 1.82) is 0 Å². The van der Waals surface area contributed by atoms with E-state index in [-0.39, 0.29) is 54.0 Å². The summed E-state index contributed by atoms with van der Waals surface area (Å²) in [5.41, 5.74) is -0.0417. The SMILES string of the molecule is Cc1nsc(C=CC(=O)N2C[C@H](F)[C@@H](N(C)c3nc(OC[C@@]45CCCN4C[C@H](F)C5)nc4c(F)c(-c5cccc6cccc(Cl)c56)ncc34)C2)n1. The first-order valence-electron chi connectivity index (χ1n) is 16.8. The highest BCUT2D eigenvalue weighted by Gasteiger charge is 2.49. The van der Waals surface area contributed by atoms with Crippen molar-refractivity contribution in [2.24, 2.45) is 0 Å². The Morgan fingerprint density at radius 2 is 1.98 bits per heavy atom. The Labute approximate surface area is 301 Å². The highest BCUT2D eigenvalue weighted by molar-refractivity contribution is 7.06.